The van der Waals surface area contributed by atoms with Crippen LogP contribution in [0.2, 0.25) is 5.02 Å². The van der Waals surface area contributed by atoms with Crippen molar-refractivity contribution in [2.75, 3.05) is 0 Å². The van der Waals surface area contributed by atoms with Gasteiger partial charge < -0.3 is 10.3 Å². The molecule has 0 amide bonds. The summed E-state index contributed by atoms with van der Waals surface area (Å²) >= 11 is 9.26. The Morgan fingerprint density at radius 2 is 2.29 bits per heavy atom. The van der Waals surface area contributed by atoms with Gasteiger partial charge in [-0.05, 0) is 41.1 Å². The summed E-state index contributed by atoms with van der Waals surface area (Å²) in [5, 5.41) is 4.51. The maximum absolute atomic E-state index is 5.91. The van der Waals surface area contributed by atoms with Crippen LogP contribution in [0.5, 0.6) is 0 Å². The monoisotopic (exact) mass is 315 g/mol. The molecule has 0 fully saturated rings. The van der Waals surface area contributed by atoms with E-state index in [-0.39, 0.29) is 6.04 Å². The minimum atomic E-state index is 0.0115. The van der Waals surface area contributed by atoms with Crippen LogP contribution in [0.15, 0.2) is 27.2 Å². The number of benzene rings is 1. The number of hydrogen-bond donors (Lipinski definition) is 1. The smallest absolute Gasteiger partial charge is 0.257 e. The molecule has 4 nitrogen and oxygen atoms in total. The first-order valence-electron chi connectivity index (χ1n) is 5.10. The molecule has 17 heavy (non-hydrogen) atoms. The van der Waals surface area contributed by atoms with E-state index in [1.54, 1.807) is 6.07 Å². The second-order valence-corrected chi connectivity index (χ2v) is 5.09. The van der Waals surface area contributed by atoms with Gasteiger partial charge in [0.25, 0.3) is 5.89 Å². The maximum Gasteiger partial charge on any atom is 0.257 e. The summed E-state index contributed by atoms with van der Waals surface area (Å²) < 4.78 is 5.96. The van der Waals surface area contributed by atoms with Crippen LogP contribution >= 0.6 is 27.5 Å². The number of nitrogens with two attached hydrogens (primary N) is 1. The van der Waals surface area contributed by atoms with E-state index in [0.717, 1.165) is 10.0 Å². The van der Waals surface area contributed by atoms with Crippen molar-refractivity contribution in [3.63, 3.8) is 0 Å². The second kappa shape index (κ2) is 5.16. The molecule has 1 atom stereocenters. The molecule has 1 aromatic carbocycles. The third-order valence-electron chi connectivity index (χ3n) is 2.14. The molecule has 1 aromatic heterocycles. The Morgan fingerprint density at radius 3 is 2.94 bits per heavy atom. The third-order valence-corrected chi connectivity index (χ3v) is 3.35. The second-order valence-electron chi connectivity index (χ2n) is 3.83. The predicted octanol–water partition coefficient (Wildman–Crippen LogP) is 3.04. The Hall–Kier alpha value is -0.910. The minimum Gasteiger partial charge on any atom is -0.334 e. The van der Waals surface area contributed by atoms with E-state index in [2.05, 4.69) is 26.1 Å². The Labute approximate surface area is 112 Å². The number of halogens is 2. The van der Waals surface area contributed by atoms with E-state index in [1.165, 1.54) is 0 Å². The van der Waals surface area contributed by atoms with Gasteiger partial charge >= 0.3 is 0 Å². The van der Waals surface area contributed by atoms with Crippen molar-refractivity contribution in [3.8, 4) is 11.5 Å². The maximum atomic E-state index is 5.91. The predicted molar refractivity (Wildman–Crippen MR) is 69.8 cm³/mol. The Balaban J connectivity index is 2.27. The van der Waals surface area contributed by atoms with Crippen LogP contribution in [0.25, 0.3) is 11.5 Å². The van der Waals surface area contributed by atoms with Gasteiger partial charge in [-0.1, -0.05) is 16.8 Å². The SMILES string of the molecule is CC(N)Cc1noc(-c2ccc(Cl)c(Br)c2)n1. The zero-order chi connectivity index (χ0) is 12.4. The molecule has 2 rings (SSSR count). The summed E-state index contributed by atoms with van der Waals surface area (Å²) in [5.41, 5.74) is 6.49. The lowest BCUT2D eigenvalue weighted by Gasteiger charge is -1.98. The molecule has 0 spiro atoms. The summed E-state index contributed by atoms with van der Waals surface area (Å²) in [6.45, 7) is 1.90. The van der Waals surface area contributed by atoms with Crippen molar-refractivity contribution in [1.82, 2.24) is 10.1 Å². The Bertz CT molecular complexity index is 527. The van der Waals surface area contributed by atoms with Crippen LogP contribution < -0.4 is 5.73 Å². The van der Waals surface area contributed by atoms with E-state index in [9.17, 15) is 0 Å². The van der Waals surface area contributed by atoms with Crippen molar-refractivity contribution in [3.05, 3.63) is 33.5 Å². The van der Waals surface area contributed by atoms with Crippen molar-refractivity contribution in [2.24, 2.45) is 5.73 Å². The highest BCUT2D eigenvalue weighted by Crippen LogP contribution is 2.27. The van der Waals surface area contributed by atoms with Crippen LogP contribution in [-0.4, -0.2) is 16.2 Å². The van der Waals surface area contributed by atoms with E-state index >= 15 is 0 Å². The lowest BCUT2D eigenvalue weighted by molar-refractivity contribution is 0.420. The van der Waals surface area contributed by atoms with Crippen LogP contribution in [0, 0.1) is 0 Å². The van der Waals surface area contributed by atoms with Gasteiger partial charge in [0.15, 0.2) is 5.82 Å². The number of hydrogen-bond acceptors (Lipinski definition) is 4. The number of aromatic nitrogens is 2. The molecule has 0 saturated heterocycles. The van der Waals surface area contributed by atoms with Crippen LogP contribution in [0.1, 0.15) is 12.7 Å². The zero-order valence-electron chi connectivity index (χ0n) is 9.15. The molecular formula is C11H11BrClN3O. The van der Waals surface area contributed by atoms with Crippen molar-refractivity contribution >= 4 is 27.5 Å². The lowest BCUT2D eigenvalue weighted by atomic mass is 10.2. The largest absolute Gasteiger partial charge is 0.334 e. The minimum absolute atomic E-state index is 0.0115. The molecule has 2 N–H and O–H groups in total. The number of rotatable bonds is 3. The molecule has 0 aliphatic heterocycles. The molecule has 0 radical (unpaired) electrons. The lowest BCUT2D eigenvalue weighted by Crippen LogP contribution is -2.18. The average Bonchev–Trinajstić information content (AvgIpc) is 2.69. The molecule has 0 bridgehead atoms. The van der Waals surface area contributed by atoms with Crippen LogP contribution in [0.3, 0.4) is 0 Å². The first-order valence-corrected chi connectivity index (χ1v) is 6.27. The molecular weight excluding hydrogens is 305 g/mol. The summed E-state index contributed by atoms with van der Waals surface area (Å²) in [5.74, 6) is 1.08. The molecule has 1 heterocycles. The van der Waals surface area contributed by atoms with Crippen LogP contribution in [-0.2, 0) is 6.42 Å². The van der Waals surface area contributed by atoms with Gasteiger partial charge in [-0.3, -0.25) is 0 Å². The van der Waals surface area contributed by atoms with Crippen molar-refractivity contribution in [2.45, 2.75) is 19.4 Å². The normalized spacial score (nSPS) is 12.7. The van der Waals surface area contributed by atoms with Gasteiger partial charge in [0.05, 0.1) is 5.02 Å². The van der Waals surface area contributed by atoms with Crippen molar-refractivity contribution < 1.29 is 4.52 Å². The fourth-order valence-electron chi connectivity index (χ4n) is 1.37. The van der Waals surface area contributed by atoms with Crippen molar-refractivity contribution in [1.29, 1.82) is 0 Å². The quantitative estimate of drug-likeness (QED) is 0.945. The Morgan fingerprint density at radius 1 is 1.53 bits per heavy atom. The fourth-order valence-corrected chi connectivity index (χ4v) is 1.87. The van der Waals surface area contributed by atoms with E-state index in [4.69, 9.17) is 21.9 Å². The molecule has 0 saturated carbocycles. The standard InChI is InChI=1S/C11H11BrClN3O/c1-6(14)4-10-15-11(17-16-10)7-2-3-9(13)8(12)5-7/h2-3,5-6H,4,14H2,1H3. The summed E-state index contributed by atoms with van der Waals surface area (Å²) in [4.78, 5) is 4.27. The van der Waals surface area contributed by atoms with Gasteiger partial charge in [0.1, 0.15) is 0 Å². The first kappa shape index (κ1) is 12.5. The molecule has 90 valence electrons. The van der Waals surface area contributed by atoms with Gasteiger partial charge in [0, 0.05) is 22.5 Å². The Kier molecular flexibility index (Phi) is 3.81. The topological polar surface area (TPSA) is 64.9 Å². The zero-order valence-corrected chi connectivity index (χ0v) is 11.5. The highest BCUT2D eigenvalue weighted by molar-refractivity contribution is 9.10. The van der Waals surface area contributed by atoms with Gasteiger partial charge in [-0.2, -0.15) is 4.98 Å². The highest BCUT2D eigenvalue weighted by Gasteiger charge is 2.11. The molecule has 0 aliphatic rings. The number of nitrogens with zero attached hydrogens (tertiary/aromatic N) is 2. The molecule has 6 heteroatoms. The van der Waals surface area contributed by atoms with E-state index in [1.807, 2.05) is 19.1 Å². The summed E-state index contributed by atoms with van der Waals surface area (Å²) in [6.07, 6.45) is 0.595. The first-order chi connectivity index (χ1) is 8.06. The summed E-state index contributed by atoms with van der Waals surface area (Å²) in [7, 11) is 0. The van der Waals surface area contributed by atoms with E-state index < -0.39 is 0 Å². The molecule has 0 aliphatic carbocycles. The highest BCUT2D eigenvalue weighted by atomic mass is 79.9. The molecule has 1 unspecified atom stereocenters. The average molecular weight is 317 g/mol. The van der Waals surface area contributed by atoms with Crippen LogP contribution in [0.4, 0.5) is 0 Å². The third kappa shape index (κ3) is 3.06. The summed E-state index contributed by atoms with van der Waals surface area (Å²) in [6, 6.07) is 5.45. The van der Waals surface area contributed by atoms with Gasteiger partial charge in [-0.15, -0.1) is 0 Å². The van der Waals surface area contributed by atoms with E-state index in [0.29, 0.717) is 23.2 Å². The molecule has 2 aromatic rings. The van der Waals surface area contributed by atoms with Gasteiger partial charge in [0.2, 0.25) is 0 Å². The fraction of sp³-hybridized carbons (Fsp3) is 0.273. The van der Waals surface area contributed by atoms with Gasteiger partial charge in [-0.25, -0.2) is 0 Å².